The second-order valence-electron chi connectivity index (χ2n) is 7.65. The lowest BCUT2D eigenvalue weighted by molar-refractivity contribution is 0.0981. The topological polar surface area (TPSA) is 97.4 Å². The standard InChI is InChI=1S/C21H21NO5S3/c1-21(2,3)16-11-9-15(10-12-16)20(23)22-30(26,27)19-14-13-18(28-19)29(24,25)17-7-5-4-6-8-17/h4-14H,1-3H3,(H,22,23). The number of carbonyl (C=O) groups excluding carboxylic acids is 1. The fourth-order valence-electron chi connectivity index (χ4n) is 2.66. The molecule has 0 unspecified atom stereocenters. The molecular formula is C21H21NO5S3. The summed E-state index contributed by atoms with van der Waals surface area (Å²) in [6.45, 7) is 6.10. The van der Waals surface area contributed by atoms with Crippen LogP contribution < -0.4 is 4.72 Å². The number of amides is 1. The van der Waals surface area contributed by atoms with Crippen molar-refractivity contribution in [2.24, 2.45) is 0 Å². The molecule has 30 heavy (non-hydrogen) atoms. The Hall–Kier alpha value is -2.49. The van der Waals surface area contributed by atoms with Crippen LogP contribution in [0.5, 0.6) is 0 Å². The molecule has 158 valence electrons. The van der Waals surface area contributed by atoms with E-state index in [1.54, 1.807) is 42.5 Å². The normalized spacial score (nSPS) is 12.5. The van der Waals surface area contributed by atoms with Crippen molar-refractivity contribution in [2.75, 3.05) is 0 Å². The third-order valence-electron chi connectivity index (χ3n) is 4.38. The van der Waals surface area contributed by atoms with E-state index < -0.39 is 25.8 Å². The monoisotopic (exact) mass is 463 g/mol. The largest absolute Gasteiger partial charge is 0.273 e. The summed E-state index contributed by atoms with van der Waals surface area (Å²) in [6.07, 6.45) is 0. The summed E-state index contributed by atoms with van der Waals surface area (Å²) in [5.41, 5.74) is 1.11. The minimum absolute atomic E-state index is 0.0683. The SMILES string of the molecule is CC(C)(C)c1ccc(C(=O)NS(=O)(=O)c2ccc(S(=O)(=O)c3ccccc3)s2)cc1. The van der Waals surface area contributed by atoms with E-state index in [1.165, 1.54) is 24.3 Å². The Bertz CT molecular complexity index is 1270. The van der Waals surface area contributed by atoms with Crippen LogP contribution in [0.15, 0.2) is 80.0 Å². The lowest BCUT2D eigenvalue weighted by atomic mass is 9.87. The molecule has 0 bridgehead atoms. The molecule has 6 nitrogen and oxygen atoms in total. The van der Waals surface area contributed by atoms with E-state index in [1.807, 2.05) is 25.5 Å². The van der Waals surface area contributed by atoms with Gasteiger partial charge >= 0.3 is 0 Å². The number of sulfone groups is 1. The molecule has 0 spiro atoms. The molecule has 0 atom stereocenters. The van der Waals surface area contributed by atoms with Crippen LogP contribution in [-0.4, -0.2) is 22.7 Å². The van der Waals surface area contributed by atoms with Gasteiger partial charge in [-0.3, -0.25) is 4.79 Å². The second-order valence-corrected chi connectivity index (χ2v) is 12.8. The van der Waals surface area contributed by atoms with Gasteiger partial charge in [-0.1, -0.05) is 51.1 Å². The fraction of sp³-hybridized carbons (Fsp3) is 0.190. The summed E-state index contributed by atoms with van der Waals surface area (Å²) in [5.74, 6) is -0.781. The predicted octanol–water partition coefficient (Wildman–Crippen LogP) is 4.00. The maximum absolute atomic E-state index is 12.7. The maximum atomic E-state index is 12.7. The van der Waals surface area contributed by atoms with E-state index >= 15 is 0 Å². The van der Waals surface area contributed by atoms with E-state index in [4.69, 9.17) is 0 Å². The summed E-state index contributed by atoms with van der Waals surface area (Å²) < 4.78 is 52.2. The lowest BCUT2D eigenvalue weighted by Gasteiger charge is -2.19. The van der Waals surface area contributed by atoms with Crippen LogP contribution in [0.1, 0.15) is 36.7 Å². The van der Waals surface area contributed by atoms with Crippen molar-refractivity contribution < 1.29 is 21.6 Å². The van der Waals surface area contributed by atoms with Gasteiger partial charge in [0.2, 0.25) is 9.84 Å². The first-order valence-corrected chi connectivity index (χ1v) is 12.8. The zero-order valence-corrected chi connectivity index (χ0v) is 19.1. The van der Waals surface area contributed by atoms with Gasteiger partial charge in [0.1, 0.15) is 8.42 Å². The average Bonchev–Trinajstić information content (AvgIpc) is 3.20. The quantitative estimate of drug-likeness (QED) is 0.617. The average molecular weight is 464 g/mol. The van der Waals surface area contributed by atoms with Crippen LogP contribution in [-0.2, 0) is 25.3 Å². The van der Waals surface area contributed by atoms with Gasteiger partial charge in [-0.2, -0.15) is 0 Å². The Morgan fingerprint density at radius 1 is 0.800 bits per heavy atom. The highest BCUT2D eigenvalue weighted by atomic mass is 32.3. The van der Waals surface area contributed by atoms with E-state index in [-0.39, 0.29) is 24.3 Å². The van der Waals surface area contributed by atoms with Crippen LogP contribution in [0.25, 0.3) is 0 Å². The molecule has 3 aromatic rings. The van der Waals surface area contributed by atoms with Gasteiger partial charge in [0.05, 0.1) is 4.90 Å². The van der Waals surface area contributed by atoms with Crippen molar-refractivity contribution in [1.82, 2.24) is 4.72 Å². The third kappa shape index (κ3) is 4.63. The van der Waals surface area contributed by atoms with Gasteiger partial charge in [0.15, 0.2) is 0 Å². The summed E-state index contributed by atoms with van der Waals surface area (Å²) in [4.78, 5) is 12.5. The Morgan fingerprint density at radius 2 is 1.37 bits per heavy atom. The first kappa shape index (κ1) is 22.2. The van der Waals surface area contributed by atoms with Gasteiger partial charge in [-0.15, -0.1) is 11.3 Å². The van der Waals surface area contributed by atoms with Crippen LogP contribution in [0, 0.1) is 0 Å². The van der Waals surface area contributed by atoms with E-state index in [2.05, 4.69) is 0 Å². The second kappa shape index (κ2) is 7.98. The van der Waals surface area contributed by atoms with Crippen molar-refractivity contribution >= 4 is 37.1 Å². The Morgan fingerprint density at radius 3 is 1.93 bits per heavy atom. The zero-order valence-electron chi connectivity index (χ0n) is 16.6. The zero-order chi connectivity index (χ0) is 22.2. The number of carbonyl (C=O) groups is 1. The van der Waals surface area contributed by atoms with Crippen LogP contribution in [0.4, 0.5) is 0 Å². The molecule has 1 aromatic heterocycles. The number of nitrogens with one attached hydrogen (secondary N) is 1. The molecule has 0 aliphatic rings. The third-order valence-corrected chi connectivity index (χ3v) is 9.55. The molecule has 0 saturated carbocycles. The van der Waals surface area contributed by atoms with Gasteiger partial charge in [0, 0.05) is 5.56 Å². The summed E-state index contributed by atoms with van der Waals surface area (Å²) in [7, 11) is -8.05. The molecule has 3 rings (SSSR count). The molecule has 1 amide bonds. The lowest BCUT2D eigenvalue weighted by Crippen LogP contribution is -2.30. The minimum Gasteiger partial charge on any atom is -0.268 e. The van der Waals surface area contributed by atoms with Crippen LogP contribution >= 0.6 is 11.3 Å². The molecule has 1 heterocycles. The van der Waals surface area contributed by atoms with Crippen LogP contribution in [0.2, 0.25) is 0 Å². The van der Waals surface area contributed by atoms with Gasteiger partial charge in [-0.05, 0) is 47.4 Å². The van der Waals surface area contributed by atoms with Gasteiger partial charge < -0.3 is 0 Å². The summed E-state index contributed by atoms with van der Waals surface area (Å²) >= 11 is 0.594. The van der Waals surface area contributed by atoms with E-state index in [9.17, 15) is 21.6 Å². The Balaban J connectivity index is 1.82. The minimum atomic E-state index is -4.21. The van der Waals surface area contributed by atoms with Crippen molar-refractivity contribution in [3.05, 3.63) is 77.9 Å². The highest BCUT2D eigenvalue weighted by molar-refractivity contribution is 7.95. The van der Waals surface area contributed by atoms with E-state index in [0.29, 0.717) is 11.3 Å². The van der Waals surface area contributed by atoms with Crippen molar-refractivity contribution in [3.8, 4) is 0 Å². The smallest absolute Gasteiger partial charge is 0.268 e. The fourth-order valence-corrected chi connectivity index (χ4v) is 6.82. The molecule has 0 saturated heterocycles. The van der Waals surface area contributed by atoms with Crippen molar-refractivity contribution in [2.45, 2.75) is 39.5 Å². The van der Waals surface area contributed by atoms with Gasteiger partial charge in [-0.25, -0.2) is 21.6 Å². The maximum Gasteiger partial charge on any atom is 0.273 e. The predicted molar refractivity (Wildman–Crippen MR) is 116 cm³/mol. The highest BCUT2D eigenvalue weighted by Crippen LogP contribution is 2.30. The number of benzene rings is 2. The molecule has 0 aliphatic carbocycles. The first-order chi connectivity index (χ1) is 13.9. The number of sulfonamides is 1. The first-order valence-electron chi connectivity index (χ1n) is 8.99. The molecule has 2 aromatic carbocycles. The Labute approximate surface area is 180 Å². The van der Waals surface area contributed by atoms with Crippen LogP contribution in [0.3, 0.4) is 0 Å². The van der Waals surface area contributed by atoms with Crippen molar-refractivity contribution in [1.29, 1.82) is 0 Å². The molecule has 0 aliphatic heterocycles. The molecule has 1 N–H and O–H groups in total. The Kier molecular flexibility index (Phi) is 5.90. The molecule has 0 radical (unpaired) electrons. The highest BCUT2D eigenvalue weighted by Gasteiger charge is 2.26. The van der Waals surface area contributed by atoms with E-state index in [0.717, 1.165) is 5.56 Å². The molecule has 9 heteroatoms. The summed E-state index contributed by atoms with van der Waals surface area (Å²) in [6, 6.07) is 16.8. The number of hydrogen-bond acceptors (Lipinski definition) is 6. The number of thiophene rings is 1. The van der Waals surface area contributed by atoms with Gasteiger partial charge in [0.25, 0.3) is 15.9 Å². The summed E-state index contributed by atoms with van der Waals surface area (Å²) in [5, 5.41) is 0. The molecule has 0 fully saturated rings. The molecular weight excluding hydrogens is 442 g/mol. The number of hydrogen-bond donors (Lipinski definition) is 1. The number of rotatable bonds is 5. The van der Waals surface area contributed by atoms with Crippen molar-refractivity contribution in [3.63, 3.8) is 0 Å².